The maximum atomic E-state index is 5.97. The quantitative estimate of drug-likeness (QED) is 0.426. The van der Waals surface area contributed by atoms with Crippen molar-refractivity contribution in [3.63, 3.8) is 0 Å². The van der Waals surface area contributed by atoms with Crippen LogP contribution in [0.3, 0.4) is 0 Å². The Balaban J connectivity index is 0.00000196. The average Bonchev–Trinajstić information content (AvgIpc) is 3.00. The first-order valence-corrected chi connectivity index (χ1v) is 9.45. The number of nitrogens with zero attached hydrogens (tertiary/aromatic N) is 1. The van der Waals surface area contributed by atoms with Gasteiger partial charge in [0.2, 0.25) is 0 Å². The van der Waals surface area contributed by atoms with Crippen LogP contribution in [0.5, 0.6) is 11.5 Å². The maximum Gasteiger partial charge on any atom is 0.185 e. The molecule has 1 aromatic heterocycles. The lowest BCUT2D eigenvalue weighted by molar-refractivity contribution is -0.00000565. The maximum absolute atomic E-state index is 5.97. The third-order valence-electron chi connectivity index (χ3n) is 4.90. The second kappa shape index (κ2) is 7.96. The van der Waals surface area contributed by atoms with Crippen molar-refractivity contribution >= 4 is 27.6 Å². The zero-order valence-electron chi connectivity index (χ0n) is 15.2. The van der Waals surface area contributed by atoms with E-state index in [4.69, 9.17) is 9.47 Å². The highest BCUT2D eigenvalue weighted by Crippen LogP contribution is 2.38. The summed E-state index contributed by atoms with van der Waals surface area (Å²) in [5.41, 5.74) is 3.81. The lowest BCUT2D eigenvalue weighted by Gasteiger charge is -2.23. The molecule has 136 valence electrons. The van der Waals surface area contributed by atoms with Gasteiger partial charge in [-0.25, -0.2) is 4.57 Å². The molecule has 26 heavy (non-hydrogen) atoms. The number of aryl methyl sites for hydroxylation is 1. The summed E-state index contributed by atoms with van der Waals surface area (Å²) < 4.78 is 15.0. The molecule has 0 radical (unpaired) electrons. The standard InChI is InChI=1S/C21H22NO2S.HI/c1-4-22-18-12-16(23-3)9-10-20(18)25-21(22)11-15-13-24-19-8-6-5-7-17(19)14(15)2;/h5-12,14H,4,13H2,1-3H3;1H/q+1;/p-1. The highest BCUT2D eigenvalue weighted by atomic mass is 127. The fraction of sp³-hybridized carbons (Fsp3) is 0.286. The Hall–Kier alpha value is -1.60. The van der Waals surface area contributed by atoms with Crippen LogP contribution in [0.15, 0.2) is 48.0 Å². The number of fused-ring (bicyclic) bond motifs is 2. The van der Waals surface area contributed by atoms with E-state index in [2.05, 4.69) is 54.8 Å². The second-order valence-corrected chi connectivity index (χ2v) is 7.35. The van der Waals surface area contributed by atoms with Crippen LogP contribution in [0.2, 0.25) is 0 Å². The van der Waals surface area contributed by atoms with Crippen molar-refractivity contribution in [2.45, 2.75) is 26.3 Å². The molecule has 0 amide bonds. The average molecular weight is 479 g/mol. The Labute approximate surface area is 175 Å². The van der Waals surface area contributed by atoms with Gasteiger partial charge in [0.25, 0.3) is 0 Å². The summed E-state index contributed by atoms with van der Waals surface area (Å²) in [7, 11) is 1.71. The zero-order chi connectivity index (χ0) is 17.4. The number of methoxy groups -OCH3 is 1. The Morgan fingerprint density at radius 1 is 1.31 bits per heavy atom. The first-order valence-electron chi connectivity index (χ1n) is 8.63. The first kappa shape index (κ1) is 19.2. The molecule has 3 nitrogen and oxygen atoms in total. The number of aromatic nitrogens is 1. The number of rotatable bonds is 3. The minimum Gasteiger partial charge on any atom is -1.00 e. The summed E-state index contributed by atoms with van der Waals surface area (Å²) in [6, 6.07) is 14.6. The molecular weight excluding hydrogens is 457 g/mol. The highest BCUT2D eigenvalue weighted by molar-refractivity contribution is 7.19. The molecule has 3 aromatic rings. The molecular formula is C21H22INO2S. The van der Waals surface area contributed by atoms with E-state index in [1.807, 2.05) is 23.5 Å². The number of hydrogen-bond donors (Lipinski definition) is 0. The summed E-state index contributed by atoms with van der Waals surface area (Å²) in [5, 5.41) is 1.26. The number of thiazole rings is 1. The Morgan fingerprint density at radius 3 is 2.88 bits per heavy atom. The van der Waals surface area contributed by atoms with Crippen LogP contribution in [0.4, 0.5) is 0 Å². The molecule has 0 N–H and O–H groups in total. The van der Waals surface area contributed by atoms with E-state index in [9.17, 15) is 0 Å². The Bertz CT molecular complexity index is 964. The van der Waals surface area contributed by atoms with Crippen molar-refractivity contribution in [1.82, 2.24) is 4.57 Å². The third kappa shape index (κ3) is 3.34. The summed E-state index contributed by atoms with van der Waals surface area (Å²) in [6.45, 7) is 6.03. The molecule has 0 spiro atoms. The molecule has 0 fully saturated rings. The topological polar surface area (TPSA) is 23.4 Å². The lowest BCUT2D eigenvalue weighted by Crippen LogP contribution is -3.00. The molecule has 4 rings (SSSR count). The minimum atomic E-state index is 0. The van der Waals surface area contributed by atoms with Crippen LogP contribution in [-0.2, 0) is 6.54 Å². The molecule has 1 atom stereocenters. The van der Waals surface area contributed by atoms with Gasteiger partial charge in [0.05, 0.1) is 19.3 Å². The van der Waals surface area contributed by atoms with Crippen LogP contribution in [0.1, 0.15) is 30.3 Å². The molecule has 2 heterocycles. The van der Waals surface area contributed by atoms with E-state index in [1.165, 1.54) is 26.4 Å². The molecule has 2 aromatic carbocycles. The normalized spacial score (nSPS) is 17.5. The fourth-order valence-electron chi connectivity index (χ4n) is 3.42. The predicted molar refractivity (Wildman–Crippen MR) is 105 cm³/mol. The van der Waals surface area contributed by atoms with Gasteiger partial charge in [-0.05, 0) is 37.3 Å². The summed E-state index contributed by atoms with van der Waals surface area (Å²) in [6.07, 6.45) is 2.31. The van der Waals surface area contributed by atoms with Crippen LogP contribution < -0.4 is 33.5 Å². The summed E-state index contributed by atoms with van der Waals surface area (Å²) in [5.74, 6) is 2.28. The van der Waals surface area contributed by atoms with Gasteiger partial charge in [-0.3, -0.25) is 0 Å². The molecule has 0 bridgehead atoms. The Morgan fingerprint density at radius 2 is 2.12 bits per heavy atom. The molecule has 1 unspecified atom stereocenters. The SMILES string of the molecule is CCn1c2cc(OC)ccc2s[c+]1C=C1COc2ccccc2C1C.[I-]. The summed E-state index contributed by atoms with van der Waals surface area (Å²) >= 11 is 1.82. The summed E-state index contributed by atoms with van der Waals surface area (Å²) in [4.78, 5) is 0. The van der Waals surface area contributed by atoms with Gasteiger partial charge >= 0.3 is 0 Å². The van der Waals surface area contributed by atoms with Crippen LogP contribution in [0.25, 0.3) is 16.3 Å². The van der Waals surface area contributed by atoms with Gasteiger partial charge in [-0.1, -0.05) is 18.2 Å². The molecule has 5 heteroatoms. The third-order valence-corrected chi connectivity index (χ3v) is 6.01. The highest BCUT2D eigenvalue weighted by Gasteiger charge is 2.26. The molecule has 1 aliphatic rings. The van der Waals surface area contributed by atoms with E-state index in [0.29, 0.717) is 12.5 Å². The Kier molecular flexibility index (Phi) is 5.87. The molecule has 1 aliphatic heterocycles. The van der Waals surface area contributed by atoms with Gasteiger partial charge in [0, 0.05) is 29.7 Å². The molecule has 0 saturated heterocycles. The van der Waals surface area contributed by atoms with Crippen molar-refractivity contribution in [3.8, 4) is 11.5 Å². The van der Waals surface area contributed by atoms with E-state index in [-0.39, 0.29) is 24.0 Å². The van der Waals surface area contributed by atoms with E-state index < -0.39 is 0 Å². The smallest absolute Gasteiger partial charge is 0.185 e. The van der Waals surface area contributed by atoms with E-state index in [0.717, 1.165) is 18.0 Å². The van der Waals surface area contributed by atoms with Crippen molar-refractivity contribution in [2.24, 2.45) is 0 Å². The molecule has 0 saturated carbocycles. The molecule has 0 aliphatic carbocycles. The van der Waals surface area contributed by atoms with Gasteiger partial charge in [-0.15, -0.1) is 0 Å². The van der Waals surface area contributed by atoms with Crippen LogP contribution in [-0.4, -0.2) is 18.3 Å². The van der Waals surface area contributed by atoms with Crippen molar-refractivity contribution in [2.75, 3.05) is 13.7 Å². The largest absolute Gasteiger partial charge is 1.00 e. The van der Waals surface area contributed by atoms with Gasteiger partial charge < -0.3 is 33.5 Å². The zero-order valence-corrected chi connectivity index (χ0v) is 18.1. The van der Waals surface area contributed by atoms with Crippen LogP contribution in [0, 0.1) is 0 Å². The van der Waals surface area contributed by atoms with E-state index >= 15 is 0 Å². The fourth-order valence-corrected chi connectivity index (χ4v) is 4.61. The van der Waals surface area contributed by atoms with Gasteiger partial charge in [0.15, 0.2) is 15.2 Å². The van der Waals surface area contributed by atoms with Gasteiger partial charge in [-0.2, -0.15) is 0 Å². The van der Waals surface area contributed by atoms with Gasteiger partial charge in [0.1, 0.15) is 18.1 Å². The van der Waals surface area contributed by atoms with Crippen LogP contribution >= 0.6 is 11.3 Å². The predicted octanol–water partition coefficient (Wildman–Crippen LogP) is 2.60. The van der Waals surface area contributed by atoms with Crippen molar-refractivity contribution in [1.29, 1.82) is 0 Å². The monoisotopic (exact) mass is 479 g/mol. The van der Waals surface area contributed by atoms with Crippen molar-refractivity contribution in [3.05, 3.63) is 58.6 Å². The number of ether oxygens (including phenoxy) is 2. The number of hydrogen-bond acceptors (Lipinski definition) is 3. The number of halogens is 1. The first-order chi connectivity index (χ1) is 12.2. The second-order valence-electron chi connectivity index (χ2n) is 6.29. The van der Waals surface area contributed by atoms with Crippen molar-refractivity contribution < 1.29 is 33.5 Å². The van der Waals surface area contributed by atoms with E-state index in [1.54, 1.807) is 7.11 Å². The number of benzene rings is 2. The number of para-hydroxylation sites is 1. The lowest BCUT2D eigenvalue weighted by atomic mass is 9.90. The minimum absolute atomic E-state index is 0.